The van der Waals surface area contributed by atoms with E-state index in [4.69, 9.17) is 14.2 Å². The van der Waals surface area contributed by atoms with Gasteiger partial charge in [0.1, 0.15) is 13.2 Å². The standard InChI is InChI=1S/C53H84O6/c1-4-7-10-13-16-19-21-23-24-25-26-27-28-30-31-34-37-40-43-46-52(55)58-49-50(48-57-51(54)45-42-39-36-33-18-15-12-9-6-3)59-53(56)47-44-41-38-35-32-29-22-20-17-14-11-8-5-2/h7-12,14,16-20,22-24,26-27,33,50H,4-6,13,15,21,25,28-32,34-49H2,1-3H3/b10-7-,11-8-,12-9-,17-14-,19-16-,22-20-,24-23-,27-26-,33-18-. The third-order valence-corrected chi connectivity index (χ3v) is 9.31. The van der Waals surface area contributed by atoms with Crippen molar-refractivity contribution in [1.82, 2.24) is 0 Å². The molecule has 0 bridgehead atoms. The van der Waals surface area contributed by atoms with E-state index in [0.29, 0.717) is 19.3 Å². The number of allylic oxidation sites excluding steroid dienone is 18. The van der Waals surface area contributed by atoms with E-state index in [2.05, 4.69) is 124 Å². The minimum absolute atomic E-state index is 0.107. The van der Waals surface area contributed by atoms with Gasteiger partial charge < -0.3 is 14.2 Å². The summed E-state index contributed by atoms with van der Waals surface area (Å²) in [6.07, 6.45) is 62.3. The number of carbonyl (C=O) groups excluding carboxylic acids is 3. The lowest BCUT2D eigenvalue weighted by atomic mass is 10.1. The van der Waals surface area contributed by atoms with Crippen LogP contribution in [0, 0.1) is 0 Å². The van der Waals surface area contributed by atoms with Crippen molar-refractivity contribution in [2.45, 2.75) is 194 Å². The van der Waals surface area contributed by atoms with Gasteiger partial charge in [-0.1, -0.05) is 175 Å². The van der Waals surface area contributed by atoms with Crippen molar-refractivity contribution in [2.24, 2.45) is 0 Å². The zero-order valence-corrected chi connectivity index (χ0v) is 37.7. The van der Waals surface area contributed by atoms with Crippen LogP contribution in [0.5, 0.6) is 0 Å². The summed E-state index contributed by atoms with van der Waals surface area (Å²) in [5.74, 6) is -0.990. The molecule has 0 aromatic rings. The highest BCUT2D eigenvalue weighted by atomic mass is 16.6. The molecular formula is C53H84O6. The first kappa shape index (κ1) is 55.1. The van der Waals surface area contributed by atoms with Gasteiger partial charge in [0.05, 0.1) is 0 Å². The Bertz CT molecular complexity index is 1260. The molecule has 0 heterocycles. The molecule has 0 radical (unpaired) electrons. The largest absolute Gasteiger partial charge is 0.462 e. The minimum Gasteiger partial charge on any atom is -0.462 e. The van der Waals surface area contributed by atoms with Crippen LogP contribution in [0.1, 0.15) is 188 Å². The van der Waals surface area contributed by atoms with E-state index in [9.17, 15) is 14.4 Å². The van der Waals surface area contributed by atoms with Crippen LogP contribution < -0.4 is 0 Å². The normalized spacial score (nSPS) is 13.1. The van der Waals surface area contributed by atoms with Gasteiger partial charge in [0.2, 0.25) is 0 Å². The molecule has 1 atom stereocenters. The maximum atomic E-state index is 12.7. The van der Waals surface area contributed by atoms with E-state index in [1.165, 1.54) is 12.8 Å². The van der Waals surface area contributed by atoms with Crippen LogP contribution in [-0.2, 0) is 28.6 Å². The highest BCUT2D eigenvalue weighted by Gasteiger charge is 2.19. The predicted octanol–water partition coefficient (Wildman–Crippen LogP) is 15.2. The van der Waals surface area contributed by atoms with E-state index in [-0.39, 0.29) is 31.1 Å². The quantitative estimate of drug-likeness (QED) is 0.0201. The summed E-state index contributed by atoms with van der Waals surface area (Å²) in [5.41, 5.74) is 0. The summed E-state index contributed by atoms with van der Waals surface area (Å²) in [6, 6.07) is 0. The van der Waals surface area contributed by atoms with E-state index < -0.39 is 6.10 Å². The number of ether oxygens (including phenoxy) is 3. The zero-order valence-electron chi connectivity index (χ0n) is 37.7. The molecule has 0 saturated heterocycles. The van der Waals surface area contributed by atoms with Gasteiger partial charge in [-0.05, 0) is 103 Å². The second-order valence-corrected chi connectivity index (χ2v) is 14.9. The monoisotopic (exact) mass is 817 g/mol. The highest BCUT2D eigenvalue weighted by Crippen LogP contribution is 2.12. The van der Waals surface area contributed by atoms with Crippen molar-refractivity contribution in [3.8, 4) is 0 Å². The third-order valence-electron chi connectivity index (χ3n) is 9.31. The Hall–Kier alpha value is -3.93. The molecule has 0 aliphatic carbocycles. The smallest absolute Gasteiger partial charge is 0.306 e. The molecule has 0 saturated carbocycles. The lowest BCUT2D eigenvalue weighted by Crippen LogP contribution is -2.30. The predicted molar refractivity (Wildman–Crippen MR) is 251 cm³/mol. The Balaban J connectivity index is 4.42. The van der Waals surface area contributed by atoms with E-state index in [0.717, 1.165) is 135 Å². The summed E-state index contributed by atoms with van der Waals surface area (Å²) in [7, 11) is 0. The Morgan fingerprint density at radius 1 is 0.356 bits per heavy atom. The molecule has 59 heavy (non-hydrogen) atoms. The molecule has 6 heteroatoms. The molecule has 6 nitrogen and oxygen atoms in total. The average Bonchev–Trinajstić information content (AvgIpc) is 3.23. The van der Waals surface area contributed by atoms with Crippen LogP contribution in [0.3, 0.4) is 0 Å². The molecule has 0 aromatic carbocycles. The Labute approximate surface area is 361 Å². The van der Waals surface area contributed by atoms with Crippen molar-refractivity contribution in [1.29, 1.82) is 0 Å². The van der Waals surface area contributed by atoms with Gasteiger partial charge in [0.25, 0.3) is 0 Å². The van der Waals surface area contributed by atoms with Crippen LogP contribution in [0.15, 0.2) is 109 Å². The first-order valence-corrected chi connectivity index (χ1v) is 23.4. The van der Waals surface area contributed by atoms with Gasteiger partial charge in [0.15, 0.2) is 6.10 Å². The fourth-order valence-corrected chi connectivity index (χ4v) is 5.88. The zero-order chi connectivity index (χ0) is 43.0. The Morgan fingerprint density at radius 3 is 1.17 bits per heavy atom. The van der Waals surface area contributed by atoms with E-state index in [1.54, 1.807) is 0 Å². The summed E-state index contributed by atoms with van der Waals surface area (Å²) >= 11 is 0. The van der Waals surface area contributed by atoms with Gasteiger partial charge in [-0.2, -0.15) is 0 Å². The molecule has 0 aromatic heterocycles. The molecule has 1 unspecified atom stereocenters. The number of carbonyl (C=O) groups is 3. The Kier molecular flexibility index (Phi) is 43.6. The molecule has 0 aliphatic rings. The van der Waals surface area contributed by atoms with Crippen LogP contribution in [0.2, 0.25) is 0 Å². The second kappa shape index (κ2) is 46.8. The van der Waals surface area contributed by atoms with Gasteiger partial charge in [0, 0.05) is 19.3 Å². The second-order valence-electron chi connectivity index (χ2n) is 14.9. The number of rotatable bonds is 40. The van der Waals surface area contributed by atoms with Gasteiger partial charge >= 0.3 is 17.9 Å². The molecule has 0 fully saturated rings. The highest BCUT2D eigenvalue weighted by molar-refractivity contribution is 5.71. The average molecular weight is 817 g/mol. The third kappa shape index (κ3) is 45.0. The van der Waals surface area contributed by atoms with Gasteiger partial charge in [-0.15, -0.1) is 0 Å². The summed E-state index contributed by atoms with van der Waals surface area (Å²) < 4.78 is 16.6. The summed E-state index contributed by atoms with van der Waals surface area (Å²) in [4.78, 5) is 37.7. The van der Waals surface area contributed by atoms with E-state index >= 15 is 0 Å². The maximum absolute atomic E-state index is 12.7. The molecule has 332 valence electrons. The van der Waals surface area contributed by atoms with Crippen LogP contribution >= 0.6 is 0 Å². The van der Waals surface area contributed by atoms with E-state index in [1.807, 2.05) is 6.08 Å². The van der Waals surface area contributed by atoms with Gasteiger partial charge in [-0.25, -0.2) is 0 Å². The fraction of sp³-hybridized carbons (Fsp3) is 0.604. The van der Waals surface area contributed by atoms with Crippen LogP contribution in [0.4, 0.5) is 0 Å². The lowest BCUT2D eigenvalue weighted by molar-refractivity contribution is -0.167. The molecule has 0 rings (SSSR count). The SMILES string of the molecule is CC\C=C/C=C\C=C/CCCCCCCC(=O)OC(COC(=O)CCCC/C=C\C/C=C\CC)COC(=O)CCCCCCCC/C=C\C/C=C\C/C=C\C/C=C\CC. The molecule has 0 amide bonds. The number of hydrogen-bond acceptors (Lipinski definition) is 6. The number of hydrogen-bond donors (Lipinski definition) is 0. The van der Waals surface area contributed by atoms with Gasteiger partial charge in [-0.3, -0.25) is 14.4 Å². The Morgan fingerprint density at radius 2 is 0.695 bits per heavy atom. The molecular weight excluding hydrogens is 733 g/mol. The lowest BCUT2D eigenvalue weighted by Gasteiger charge is -2.18. The first-order chi connectivity index (χ1) is 29.0. The number of unbranched alkanes of at least 4 members (excludes halogenated alkanes) is 13. The first-order valence-electron chi connectivity index (χ1n) is 23.4. The minimum atomic E-state index is -0.807. The van der Waals surface area contributed by atoms with Crippen LogP contribution in [-0.4, -0.2) is 37.2 Å². The van der Waals surface area contributed by atoms with Crippen molar-refractivity contribution in [3.05, 3.63) is 109 Å². The van der Waals surface area contributed by atoms with Crippen molar-refractivity contribution in [3.63, 3.8) is 0 Å². The van der Waals surface area contributed by atoms with Crippen LogP contribution in [0.25, 0.3) is 0 Å². The molecule has 0 aliphatic heterocycles. The summed E-state index contributed by atoms with van der Waals surface area (Å²) in [5, 5.41) is 0. The molecule has 0 spiro atoms. The van der Waals surface area contributed by atoms with Crippen molar-refractivity contribution >= 4 is 17.9 Å². The fourth-order valence-electron chi connectivity index (χ4n) is 5.88. The summed E-state index contributed by atoms with van der Waals surface area (Å²) in [6.45, 7) is 6.18. The van der Waals surface area contributed by atoms with Crippen molar-refractivity contribution < 1.29 is 28.6 Å². The molecule has 0 N–H and O–H groups in total. The topological polar surface area (TPSA) is 78.9 Å². The van der Waals surface area contributed by atoms with Crippen molar-refractivity contribution in [2.75, 3.05) is 13.2 Å². The number of esters is 3. The maximum Gasteiger partial charge on any atom is 0.306 e.